The number of aryl methyl sites for hydroxylation is 1. The zero-order valence-corrected chi connectivity index (χ0v) is 11.8. The molecule has 1 aliphatic heterocycles. The van der Waals surface area contributed by atoms with E-state index in [0.29, 0.717) is 25.1 Å². The maximum Gasteiger partial charge on any atom is 0.274 e. The lowest BCUT2D eigenvalue weighted by Gasteiger charge is -2.18. The molecule has 2 heterocycles. The molecule has 0 saturated heterocycles. The monoisotopic (exact) mass is 280 g/mol. The minimum absolute atomic E-state index is 0.197. The molecule has 0 spiro atoms. The molecule has 1 aliphatic carbocycles. The first-order valence-corrected chi connectivity index (χ1v) is 6.58. The average Bonchev–Trinajstić information content (AvgIpc) is 2.88. The molecule has 1 saturated carbocycles. The van der Waals surface area contributed by atoms with Gasteiger partial charge in [-0.15, -0.1) is 0 Å². The molecule has 2 amide bonds. The highest BCUT2D eigenvalue weighted by Crippen LogP contribution is 2.43. The van der Waals surface area contributed by atoms with Crippen molar-refractivity contribution in [3.63, 3.8) is 0 Å². The topological polar surface area (TPSA) is 58.4 Å². The number of carbonyl (C=O) groups is 2. The van der Waals surface area contributed by atoms with E-state index in [2.05, 4.69) is 5.10 Å². The fourth-order valence-electron chi connectivity index (χ4n) is 2.53. The van der Waals surface area contributed by atoms with Gasteiger partial charge in [-0.3, -0.25) is 14.3 Å². The van der Waals surface area contributed by atoms with E-state index in [9.17, 15) is 14.0 Å². The zero-order chi connectivity index (χ0) is 14.7. The van der Waals surface area contributed by atoms with Crippen LogP contribution in [0.4, 0.5) is 4.39 Å². The molecule has 7 heteroatoms. The van der Waals surface area contributed by atoms with Gasteiger partial charge in [0.15, 0.2) is 11.4 Å². The van der Waals surface area contributed by atoms with Crippen molar-refractivity contribution in [3.05, 3.63) is 17.0 Å². The third-order valence-electron chi connectivity index (χ3n) is 3.93. The molecule has 0 bridgehead atoms. The lowest BCUT2D eigenvalue weighted by molar-refractivity contribution is -0.138. The number of fused-ring (bicyclic) bond motifs is 1. The molecule has 6 nitrogen and oxygen atoms in total. The van der Waals surface area contributed by atoms with Crippen LogP contribution >= 0.6 is 0 Å². The highest BCUT2D eigenvalue weighted by Gasteiger charge is 2.53. The minimum Gasteiger partial charge on any atom is -0.343 e. The largest absolute Gasteiger partial charge is 0.343 e. The van der Waals surface area contributed by atoms with Crippen LogP contribution in [-0.2, 0) is 24.9 Å². The van der Waals surface area contributed by atoms with Crippen molar-refractivity contribution in [1.29, 1.82) is 0 Å². The van der Waals surface area contributed by atoms with Gasteiger partial charge in [0.05, 0.1) is 18.8 Å². The summed E-state index contributed by atoms with van der Waals surface area (Å²) in [6, 6.07) is 0. The molecule has 108 valence electrons. The Morgan fingerprint density at radius 2 is 1.95 bits per heavy atom. The predicted molar refractivity (Wildman–Crippen MR) is 68.6 cm³/mol. The molecule has 0 radical (unpaired) electrons. The standard InChI is InChI=1S/C13H17FN4O2/c1-16(2)11(19)10-8-6-18(7-9(8)17(3)15-10)12(20)13(14)4-5-13/h4-7H2,1-3H3. The van der Waals surface area contributed by atoms with Gasteiger partial charge in [-0.1, -0.05) is 0 Å². The van der Waals surface area contributed by atoms with Crippen LogP contribution in [0.2, 0.25) is 0 Å². The number of rotatable bonds is 2. The fraction of sp³-hybridized carbons (Fsp3) is 0.615. The second kappa shape index (κ2) is 4.04. The first-order valence-electron chi connectivity index (χ1n) is 6.58. The second-order valence-corrected chi connectivity index (χ2v) is 5.72. The van der Waals surface area contributed by atoms with E-state index in [1.165, 1.54) is 9.80 Å². The Balaban J connectivity index is 1.88. The van der Waals surface area contributed by atoms with Crippen molar-refractivity contribution in [2.24, 2.45) is 7.05 Å². The van der Waals surface area contributed by atoms with Crippen LogP contribution < -0.4 is 0 Å². The van der Waals surface area contributed by atoms with Gasteiger partial charge in [0, 0.05) is 26.7 Å². The van der Waals surface area contributed by atoms with Gasteiger partial charge in [-0.05, 0) is 12.8 Å². The summed E-state index contributed by atoms with van der Waals surface area (Å²) < 4.78 is 15.5. The van der Waals surface area contributed by atoms with Gasteiger partial charge in [-0.2, -0.15) is 5.10 Å². The number of hydrogen-bond acceptors (Lipinski definition) is 3. The Morgan fingerprint density at radius 1 is 1.30 bits per heavy atom. The number of carbonyl (C=O) groups excluding carboxylic acids is 2. The summed E-state index contributed by atoms with van der Waals surface area (Å²) in [6.45, 7) is 0.590. The molecule has 0 N–H and O–H groups in total. The van der Waals surface area contributed by atoms with E-state index in [1.54, 1.807) is 25.8 Å². The van der Waals surface area contributed by atoms with Crippen molar-refractivity contribution >= 4 is 11.8 Å². The average molecular weight is 280 g/mol. The SMILES string of the molecule is CN(C)C(=O)c1nn(C)c2c1CN(C(=O)C1(F)CC1)C2. The van der Waals surface area contributed by atoms with E-state index in [4.69, 9.17) is 0 Å². The molecular weight excluding hydrogens is 263 g/mol. The summed E-state index contributed by atoms with van der Waals surface area (Å²) in [5.41, 5.74) is 0.240. The Labute approximate surface area is 116 Å². The lowest BCUT2D eigenvalue weighted by Crippen LogP contribution is -2.35. The number of hydrogen-bond donors (Lipinski definition) is 0. The summed E-state index contributed by atoms with van der Waals surface area (Å²) in [7, 11) is 5.05. The van der Waals surface area contributed by atoms with Gasteiger partial charge in [0.2, 0.25) is 0 Å². The van der Waals surface area contributed by atoms with Gasteiger partial charge in [0.1, 0.15) is 0 Å². The van der Waals surface area contributed by atoms with E-state index in [1.807, 2.05) is 0 Å². The number of aromatic nitrogens is 2. The number of alkyl halides is 1. The molecule has 20 heavy (non-hydrogen) atoms. The Bertz CT molecular complexity index is 604. The van der Waals surface area contributed by atoms with Crippen LogP contribution in [0.1, 0.15) is 34.6 Å². The lowest BCUT2D eigenvalue weighted by atomic mass is 10.2. The van der Waals surface area contributed by atoms with Crippen molar-refractivity contribution < 1.29 is 14.0 Å². The van der Waals surface area contributed by atoms with Crippen molar-refractivity contribution in [2.45, 2.75) is 31.6 Å². The molecule has 1 fully saturated rings. The highest BCUT2D eigenvalue weighted by atomic mass is 19.1. The number of nitrogens with zero attached hydrogens (tertiary/aromatic N) is 4. The first kappa shape index (κ1) is 13.1. The zero-order valence-electron chi connectivity index (χ0n) is 11.8. The quantitative estimate of drug-likeness (QED) is 0.791. The Morgan fingerprint density at radius 3 is 2.50 bits per heavy atom. The summed E-state index contributed by atoms with van der Waals surface area (Å²) in [5, 5.41) is 4.22. The Kier molecular flexibility index (Phi) is 2.64. The van der Waals surface area contributed by atoms with Crippen LogP contribution in [-0.4, -0.2) is 51.2 Å². The third-order valence-corrected chi connectivity index (χ3v) is 3.93. The van der Waals surface area contributed by atoms with Gasteiger partial charge >= 0.3 is 0 Å². The summed E-state index contributed by atoms with van der Waals surface area (Å²) in [6.07, 6.45) is 0.612. The summed E-state index contributed by atoms with van der Waals surface area (Å²) in [5.74, 6) is -0.658. The van der Waals surface area contributed by atoms with Crippen molar-refractivity contribution in [3.8, 4) is 0 Å². The van der Waals surface area contributed by atoms with E-state index in [0.717, 1.165) is 11.3 Å². The number of halogens is 1. The third kappa shape index (κ3) is 1.80. The van der Waals surface area contributed by atoms with Crippen LogP contribution in [0.5, 0.6) is 0 Å². The fourth-order valence-corrected chi connectivity index (χ4v) is 2.53. The molecule has 2 aliphatic rings. The highest BCUT2D eigenvalue weighted by molar-refractivity contribution is 5.94. The van der Waals surface area contributed by atoms with E-state index < -0.39 is 11.6 Å². The molecule has 0 atom stereocenters. The predicted octanol–water partition coefficient (Wildman–Crippen LogP) is 0.466. The molecular formula is C13H17FN4O2. The molecule has 1 aromatic rings. The van der Waals surface area contributed by atoms with Gasteiger partial charge < -0.3 is 9.80 Å². The number of amides is 2. The van der Waals surface area contributed by atoms with Crippen molar-refractivity contribution in [1.82, 2.24) is 19.6 Å². The molecule has 0 unspecified atom stereocenters. The van der Waals surface area contributed by atoms with Crippen molar-refractivity contribution in [2.75, 3.05) is 14.1 Å². The minimum atomic E-state index is -1.67. The summed E-state index contributed by atoms with van der Waals surface area (Å²) in [4.78, 5) is 27.1. The van der Waals surface area contributed by atoms with E-state index in [-0.39, 0.29) is 12.5 Å². The van der Waals surface area contributed by atoms with Gasteiger partial charge in [-0.25, -0.2) is 4.39 Å². The molecule has 3 rings (SSSR count). The normalized spacial score (nSPS) is 18.9. The van der Waals surface area contributed by atoms with Crippen LogP contribution in [0.3, 0.4) is 0 Å². The molecule has 1 aromatic heterocycles. The smallest absolute Gasteiger partial charge is 0.274 e. The first-order chi connectivity index (χ1) is 9.33. The molecule has 0 aromatic carbocycles. The summed E-state index contributed by atoms with van der Waals surface area (Å²) >= 11 is 0. The van der Waals surface area contributed by atoms with Gasteiger partial charge in [0.25, 0.3) is 11.8 Å². The van der Waals surface area contributed by atoms with Crippen LogP contribution in [0.25, 0.3) is 0 Å². The second-order valence-electron chi connectivity index (χ2n) is 5.72. The Hall–Kier alpha value is -1.92. The van der Waals surface area contributed by atoms with Crippen LogP contribution in [0.15, 0.2) is 0 Å². The van der Waals surface area contributed by atoms with Crippen LogP contribution in [0, 0.1) is 0 Å². The maximum atomic E-state index is 13.9. The maximum absolute atomic E-state index is 13.9. The van der Waals surface area contributed by atoms with E-state index >= 15 is 0 Å².